The number of benzene rings is 2. The van der Waals surface area contributed by atoms with Crippen molar-refractivity contribution < 1.29 is 13.6 Å². The van der Waals surface area contributed by atoms with Crippen LogP contribution in [0.15, 0.2) is 40.9 Å². The van der Waals surface area contributed by atoms with Gasteiger partial charge in [0.15, 0.2) is 0 Å². The number of anilines is 1. The SMILES string of the molecule is Cc1ccc(Br)cc1C(=O)Nc1c(F)cccc1F. The Labute approximate surface area is 117 Å². The van der Waals surface area contributed by atoms with Crippen molar-refractivity contribution >= 4 is 27.5 Å². The number of hydrogen-bond acceptors (Lipinski definition) is 1. The summed E-state index contributed by atoms with van der Waals surface area (Å²) in [6.07, 6.45) is 0. The van der Waals surface area contributed by atoms with Crippen LogP contribution in [0.1, 0.15) is 15.9 Å². The molecule has 0 heterocycles. The Kier molecular flexibility index (Phi) is 3.95. The summed E-state index contributed by atoms with van der Waals surface area (Å²) in [6, 6.07) is 8.56. The highest BCUT2D eigenvalue weighted by molar-refractivity contribution is 9.10. The quantitative estimate of drug-likeness (QED) is 0.876. The number of aryl methyl sites for hydroxylation is 1. The van der Waals surface area contributed by atoms with Gasteiger partial charge in [0.05, 0.1) is 0 Å². The standard InChI is InChI=1S/C14H10BrF2NO/c1-8-5-6-9(15)7-10(8)14(19)18-13-11(16)3-2-4-12(13)17/h2-7H,1H3,(H,18,19). The lowest BCUT2D eigenvalue weighted by Crippen LogP contribution is -2.15. The van der Waals surface area contributed by atoms with Gasteiger partial charge in [0.25, 0.3) is 5.91 Å². The monoisotopic (exact) mass is 325 g/mol. The Hall–Kier alpha value is -1.75. The van der Waals surface area contributed by atoms with Crippen molar-refractivity contribution in [3.8, 4) is 0 Å². The van der Waals surface area contributed by atoms with Gasteiger partial charge >= 0.3 is 0 Å². The second-order valence-corrected chi connectivity index (χ2v) is 4.93. The van der Waals surface area contributed by atoms with Crippen molar-refractivity contribution in [3.63, 3.8) is 0 Å². The summed E-state index contributed by atoms with van der Waals surface area (Å²) in [6.45, 7) is 1.75. The molecule has 2 aromatic carbocycles. The molecular formula is C14H10BrF2NO. The van der Waals surface area contributed by atoms with Crippen molar-refractivity contribution in [1.29, 1.82) is 0 Å². The van der Waals surface area contributed by atoms with Crippen LogP contribution in [0.2, 0.25) is 0 Å². The maximum atomic E-state index is 13.4. The molecule has 19 heavy (non-hydrogen) atoms. The zero-order chi connectivity index (χ0) is 14.0. The first kappa shape index (κ1) is 13.7. The van der Waals surface area contributed by atoms with Crippen molar-refractivity contribution in [2.45, 2.75) is 6.92 Å². The van der Waals surface area contributed by atoms with E-state index in [1.54, 1.807) is 25.1 Å². The molecule has 0 saturated carbocycles. The molecule has 0 atom stereocenters. The van der Waals surface area contributed by atoms with Crippen molar-refractivity contribution in [2.75, 3.05) is 5.32 Å². The summed E-state index contributed by atoms with van der Waals surface area (Å²) in [5.74, 6) is -2.16. The third kappa shape index (κ3) is 2.98. The van der Waals surface area contributed by atoms with Crippen LogP contribution in [0.3, 0.4) is 0 Å². The summed E-state index contributed by atoms with van der Waals surface area (Å²) in [4.78, 5) is 12.0. The van der Waals surface area contributed by atoms with Crippen LogP contribution in [-0.4, -0.2) is 5.91 Å². The molecule has 1 amide bonds. The minimum absolute atomic E-state index is 0.358. The molecule has 1 N–H and O–H groups in total. The molecule has 5 heteroatoms. The molecular weight excluding hydrogens is 316 g/mol. The second kappa shape index (κ2) is 5.48. The van der Waals surface area contributed by atoms with E-state index in [2.05, 4.69) is 21.2 Å². The Balaban J connectivity index is 2.34. The van der Waals surface area contributed by atoms with Crippen molar-refractivity contribution in [1.82, 2.24) is 0 Å². The highest BCUT2D eigenvalue weighted by atomic mass is 79.9. The van der Waals surface area contributed by atoms with Crippen LogP contribution < -0.4 is 5.32 Å². The summed E-state index contributed by atoms with van der Waals surface area (Å²) in [5, 5.41) is 2.25. The first-order valence-corrected chi connectivity index (χ1v) is 6.30. The smallest absolute Gasteiger partial charge is 0.256 e. The Bertz CT molecular complexity index is 623. The number of halogens is 3. The zero-order valence-electron chi connectivity index (χ0n) is 10.0. The fourth-order valence-corrected chi connectivity index (χ4v) is 2.00. The van der Waals surface area contributed by atoms with Gasteiger partial charge in [-0.15, -0.1) is 0 Å². The Morgan fingerprint density at radius 3 is 2.42 bits per heavy atom. The molecule has 0 fully saturated rings. The lowest BCUT2D eigenvalue weighted by atomic mass is 10.1. The predicted octanol–water partition coefficient (Wildman–Crippen LogP) is 4.29. The van der Waals surface area contributed by atoms with Crippen LogP contribution >= 0.6 is 15.9 Å². The molecule has 2 nitrogen and oxygen atoms in total. The van der Waals surface area contributed by atoms with E-state index >= 15 is 0 Å². The lowest BCUT2D eigenvalue weighted by Gasteiger charge is -2.09. The van der Waals surface area contributed by atoms with Gasteiger partial charge in [-0.1, -0.05) is 28.1 Å². The molecule has 98 valence electrons. The molecule has 0 saturated heterocycles. The minimum Gasteiger partial charge on any atom is -0.317 e. The lowest BCUT2D eigenvalue weighted by molar-refractivity contribution is 0.102. The van der Waals surface area contributed by atoms with Crippen LogP contribution in [0.4, 0.5) is 14.5 Å². The van der Waals surface area contributed by atoms with E-state index in [0.717, 1.165) is 22.2 Å². The van der Waals surface area contributed by atoms with Gasteiger partial charge in [0.2, 0.25) is 0 Å². The predicted molar refractivity (Wildman–Crippen MR) is 73.2 cm³/mol. The molecule has 0 aliphatic carbocycles. The molecule has 0 aliphatic rings. The third-order valence-electron chi connectivity index (χ3n) is 2.65. The first-order chi connectivity index (χ1) is 8.99. The van der Waals surface area contributed by atoms with Gasteiger partial charge < -0.3 is 5.32 Å². The largest absolute Gasteiger partial charge is 0.317 e. The summed E-state index contributed by atoms with van der Waals surface area (Å²) < 4.78 is 27.6. The minimum atomic E-state index is -0.805. The van der Waals surface area contributed by atoms with Crippen LogP contribution in [-0.2, 0) is 0 Å². The molecule has 0 radical (unpaired) electrons. The average molecular weight is 326 g/mol. The number of carbonyl (C=O) groups excluding carboxylic acids is 1. The van der Waals surface area contributed by atoms with Crippen molar-refractivity contribution in [2.24, 2.45) is 0 Å². The van der Waals surface area contributed by atoms with Gasteiger partial charge in [0, 0.05) is 10.0 Å². The van der Waals surface area contributed by atoms with E-state index in [9.17, 15) is 13.6 Å². The van der Waals surface area contributed by atoms with Gasteiger partial charge in [-0.2, -0.15) is 0 Å². The third-order valence-corrected chi connectivity index (χ3v) is 3.14. The molecule has 0 bridgehead atoms. The fraction of sp³-hybridized carbons (Fsp3) is 0.0714. The van der Waals surface area contributed by atoms with Gasteiger partial charge in [-0.25, -0.2) is 8.78 Å². The van der Waals surface area contributed by atoms with Gasteiger partial charge in [-0.05, 0) is 36.8 Å². The maximum Gasteiger partial charge on any atom is 0.256 e. The van der Waals surface area contributed by atoms with E-state index in [0.29, 0.717) is 5.56 Å². The van der Waals surface area contributed by atoms with Gasteiger partial charge in [-0.3, -0.25) is 4.79 Å². The normalized spacial score (nSPS) is 10.3. The maximum absolute atomic E-state index is 13.4. The molecule has 0 aromatic heterocycles. The summed E-state index contributed by atoms with van der Waals surface area (Å²) in [5.41, 5.74) is 0.640. The highest BCUT2D eigenvalue weighted by Gasteiger charge is 2.15. The number of rotatable bonds is 2. The molecule has 2 aromatic rings. The summed E-state index contributed by atoms with van der Waals surface area (Å²) >= 11 is 3.25. The Morgan fingerprint density at radius 2 is 1.79 bits per heavy atom. The van der Waals surface area contributed by atoms with Gasteiger partial charge in [0.1, 0.15) is 17.3 Å². The number of carbonyl (C=O) groups is 1. The van der Waals surface area contributed by atoms with E-state index in [4.69, 9.17) is 0 Å². The number of amides is 1. The first-order valence-electron chi connectivity index (χ1n) is 5.50. The number of hydrogen-bond donors (Lipinski definition) is 1. The number of nitrogens with one attached hydrogen (secondary N) is 1. The highest BCUT2D eigenvalue weighted by Crippen LogP contribution is 2.21. The Morgan fingerprint density at radius 1 is 1.16 bits per heavy atom. The molecule has 2 rings (SSSR count). The van der Waals surface area contributed by atoms with E-state index in [1.807, 2.05) is 0 Å². The van der Waals surface area contributed by atoms with E-state index < -0.39 is 23.2 Å². The topological polar surface area (TPSA) is 29.1 Å². The number of para-hydroxylation sites is 1. The van der Waals surface area contributed by atoms with E-state index in [1.165, 1.54) is 6.07 Å². The summed E-state index contributed by atoms with van der Waals surface area (Å²) in [7, 11) is 0. The molecule has 0 aliphatic heterocycles. The van der Waals surface area contributed by atoms with E-state index in [-0.39, 0.29) is 0 Å². The van der Waals surface area contributed by atoms with Crippen LogP contribution in [0.25, 0.3) is 0 Å². The van der Waals surface area contributed by atoms with Crippen molar-refractivity contribution in [3.05, 3.63) is 63.6 Å². The van der Waals surface area contributed by atoms with Crippen LogP contribution in [0, 0.1) is 18.6 Å². The molecule has 0 unspecified atom stereocenters. The fourth-order valence-electron chi connectivity index (χ4n) is 1.64. The average Bonchev–Trinajstić information content (AvgIpc) is 2.37. The molecule has 0 spiro atoms. The van der Waals surface area contributed by atoms with Crippen LogP contribution in [0.5, 0.6) is 0 Å². The second-order valence-electron chi connectivity index (χ2n) is 4.01. The zero-order valence-corrected chi connectivity index (χ0v) is 11.6.